The van der Waals surface area contributed by atoms with Gasteiger partial charge >= 0.3 is 0 Å². The molecule has 1 heterocycles. The first-order valence-corrected chi connectivity index (χ1v) is 5.69. The summed E-state index contributed by atoms with van der Waals surface area (Å²) >= 11 is 0. The molecule has 0 saturated carbocycles. The maximum Gasteiger partial charge on any atom is 0.186 e. The maximum atomic E-state index is 13.1. The van der Waals surface area contributed by atoms with Crippen molar-refractivity contribution in [2.75, 3.05) is 0 Å². The second-order valence-corrected chi connectivity index (χ2v) is 4.38. The average Bonchev–Trinajstić information content (AvgIpc) is 2.72. The first kappa shape index (κ1) is 12.2. The van der Waals surface area contributed by atoms with E-state index in [2.05, 4.69) is 10.3 Å². The topological polar surface area (TPSA) is 54.5 Å². The fourth-order valence-corrected chi connectivity index (χ4v) is 1.90. The molecule has 18 heavy (non-hydrogen) atoms. The predicted molar refractivity (Wildman–Crippen MR) is 64.3 cm³/mol. The van der Waals surface area contributed by atoms with Gasteiger partial charge in [-0.1, -0.05) is 31.2 Å². The van der Waals surface area contributed by atoms with Gasteiger partial charge in [-0.3, -0.25) is 0 Å². The molecule has 4 nitrogen and oxygen atoms in total. The Kier molecular flexibility index (Phi) is 3.38. The predicted octanol–water partition coefficient (Wildman–Crippen LogP) is 2.46. The molecule has 0 unspecified atom stereocenters. The molecule has 0 atom stereocenters. The largest absolute Gasteiger partial charge is 0.243 e. The summed E-state index contributed by atoms with van der Waals surface area (Å²) in [6, 6.07) is 8.35. The fraction of sp³-hybridized carbons (Fsp3) is 0.308. The highest BCUT2D eigenvalue weighted by atomic mass is 19.1. The van der Waals surface area contributed by atoms with Crippen LogP contribution in [0.15, 0.2) is 24.3 Å². The van der Waals surface area contributed by atoms with Crippen molar-refractivity contribution in [3.8, 4) is 6.07 Å². The molecule has 0 spiro atoms. The van der Waals surface area contributed by atoms with E-state index in [9.17, 15) is 4.39 Å². The first-order valence-electron chi connectivity index (χ1n) is 5.69. The van der Waals surface area contributed by atoms with Crippen molar-refractivity contribution in [3.63, 3.8) is 0 Å². The van der Waals surface area contributed by atoms with Crippen molar-refractivity contribution in [1.82, 2.24) is 15.0 Å². The molecule has 0 saturated heterocycles. The molecule has 0 bridgehead atoms. The van der Waals surface area contributed by atoms with Crippen LogP contribution >= 0.6 is 0 Å². The van der Waals surface area contributed by atoms with Crippen LogP contribution in [0.3, 0.4) is 0 Å². The molecule has 92 valence electrons. The number of aromatic nitrogens is 3. The normalized spacial score (nSPS) is 10.6. The van der Waals surface area contributed by atoms with Crippen LogP contribution in [0.25, 0.3) is 0 Å². The summed E-state index contributed by atoms with van der Waals surface area (Å²) in [7, 11) is 0. The van der Waals surface area contributed by atoms with Crippen molar-refractivity contribution >= 4 is 0 Å². The molecular weight excluding hydrogens is 231 g/mol. The Morgan fingerprint density at radius 1 is 1.44 bits per heavy atom. The van der Waals surface area contributed by atoms with Gasteiger partial charge in [-0.2, -0.15) is 5.26 Å². The molecule has 0 N–H and O–H groups in total. The van der Waals surface area contributed by atoms with Crippen molar-refractivity contribution in [2.45, 2.75) is 26.3 Å². The number of rotatable bonds is 3. The van der Waals surface area contributed by atoms with Crippen LogP contribution in [0.1, 0.15) is 36.7 Å². The zero-order valence-corrected chi connectivity index (χ0v) is 10.3. The Balaban J connectivity index is 2.35. The number of hydrogen-bond donors (Lipinski definition) is 0. The van der Waals surface area contributed by atoms with E-state index in [0.29, 0.717) is 12.2 Å². The van der Waals surface area contributed by atoms with Gasteiger partial charge in [0.05, 0.1) is 12.2 Å². The van der Waals surface area contributed by atoms with Gasteiger partial charge in [-0.05, 0) is 23.6 Å². The van der Waals surface area contributed by atoms with Gasteiger partial charge in [0.1, 0.15) is 11.9 Å². The highest BCUT2D eigenvalue weighted by molar-refractivity contribution is 5.28. The van der Waals surface area contributed by atoms with E-state index in [0.717, 1.165) is 11.3 Å². The van der Waals surface area contributed by atoms with Gasteiger partial charge in [0.25, 0.3) is 0 Å². The van der Waals surface area contributed by atoms with Gasteiger partial charge in [0.15, 0.2) is 5.69 Å². The van der Waals surface area contributed by atoms with E-state index in [1.807, 2.05) is 26.0 Å². The summed E-state index contributed by atoms with van der Waals surface area (Å²) in [6.07, 6.45) is 0. The van der Waals surface area contributed by atoms with E-state index in [-0.39, 0.29) is 11.7 Å². The molecule has 0 aliphatic carbocycles. The zero-order chi connectivity index (χ0) is 13.1. The van der Waals surface area contributed by atoms with Crippen LogP contribution in [0.5, 0.6) is 0 Å². The highest BCUT2D eigenvalue weighted by Gasteiger charge is 2.15. The molecule has 2 rings (SSSR count). The number of benzene rings is 1. The Hall–Kier alpha value is -2.22. The molecule has 0 amide bonds. The van der Waals surface area contributed by atoms with Crippen molar-refractivity contribution in [1.29, 1.82) is 5.26 Å². The number of nitriles is 1. The monoisotopic (exact) mass is 244 g/mol. The summed E-state index contributed by atoms with van der Waals surface area (Å²) in [4.78, 5) is 0. The Bertz CT molecular complexity index is 595. The third-order valence-corrected chi connectivity index (χ3v) is 2.65. The standard InChI is InChI=1S/C13H13FN4/c1-9(2)13-12(7-15)16-17-18(13)8-10-4-3-5-11(14)6-10/h3-6,9H,8H2,1-2H3. The lowest BCUT2D eigenvalue weighted by atomic mass is 10.1. The van der Waals surface area contributed by atoms with Crippen LogP contribution in [-0.4, -0.2) is 15.0 Å². The highest BCUT2D eigenvalue weighted by Crippen LogP contribution is 2.18. The summed E-state index contributed by atoms with van der Waals surface area (Å²) in [5.41, 5.74) is 1.91. The molecule has 0 aliphatic rings. The molecule has 0 fully saturated rings. The number of halogens is 1. The third kappa shape index (κ3) is 2.38. The Labute approximate surface area is 105 Å². The number of nitrogens with zero attached hydrogens (tertiary/aromatic N) is 4. The fourth-order valence-electron chi connectivity index (χ4n) is 1.90. The van der Waals surface area contributed by atoms with E-state index in [4.69, 9.17) is 5.26 Å². The van der Waals surface area contributed by atoms with Crippen LogP contribution in [0, 0.1) is 17.1 Å². The van der Waals surface area contributed by atoms with E-state index in [1.165, 1.54) is 12.1 Å². The Morgan fingerprint density at radius 3 is 2.83 bits per heavy atom. The van der Waals surface area contributed by atoms with Crippen LogP contribution in [-0.2, 0) is 6.54 Å². The van der Waals surface area contributed by atoms with Crippen LogP contribution in [0.4, 0.5) is 4.39 Å². The van der Waals surface area contributed by atoms with Gasteiger partial charge in [0.2, 0.25) is 0 Å². The van der Waals surface area contributed by atoms with E-state index < -0.39 is 0 Å². The van der Waals surface area contributed by atoms with Crippen LogP contribution < -0.4 is 0 Å². The third-order valence-electron chi connectivity index (χ3n) is 2.65. The maximum absolute atomic E-state index is 13.1. The molecule has 0 aliphatic heterocycles. The van der Waals surface area contributed by atoms with E-state index >= 15 is 0 Å². The summed E-state index contributed by atoms with van der Waals surface area (Å²) in [5, 5.41) is 16.8. The average molecular weight is 244 g/mol. The molecule has 2 aromatic rings. The first-order chi connectivity index (χ1) is 8.61. The zero-order valence-electron chi connectivity index (χ0n) is 10.3. The summed E-state index contributed by atoms with van der Waals surface area (Å²) in [5.74, 6) is -0.137. The van der Waals surface area contributed by atoms with Gasteiger partial charge in [-0.25, -0.2) is 9.07 Å². The summed E-state index contributed by atoms with van der Waals surface area (Å²) in [6.45, 7) is 4.36. The minimum absolute atomic E-state index is 0.142. The van der Waals surface area contributed by atoms with Crippen molar-refractivity contribution in [3.05, 3.63) is 47.0 Å². The molecule has 1 aromatic heterocycles. The van der Waals surface area contributed by atoms with Gasteiger partial charge in [-0.15, -0.1) is 5.10 Å². The SMILES string of the molecule is CC(C)c1c(C#N)nnn1Cc1cccc(F)c1. The smallest absolute Gasteiger partial charge is 0.186 e. The second kappa shape index (κ2) is 4.96. The van der Waals surface area contributed by atoms with E-state index in [1.54, 1.807) is 10.7 Å². The lowest BCUT2D eigenvalue weighted by molar-refractivity contribution is 0.588. The van der Waals surface area contributed by atoms with Crippen molar-refractivity contribution < 1.29 is 4.39 Å². The quantitative estimate of drug-likeness (QED) is 0.833. The molecular formula is C13H13FN4. The van der Waals surface area contributed by atoms with Gasteiger partial charge < -0.3 is 0 Å². The van der Waals surface area contributed by atoms with Gasteiger partial charge in [0, 0.05) is 0 Å². The van der Waals surface area contributed by atoms with Crippen LogP contribution in [0.2, 0.25) is 0 Å². The number of hydrogen-bond acceptors (Lipinski definition) is 3. The summed E-state index contributed by atoms with van der Waals surface area (Å²) < 4.78 is 14.8. The molecule has 5 heteroatoms. The minimum Gasteiger partial charge on any atom is -0.243 e. The lowest BCUT2D eigenvalue weighted by Gasteiger charge is -2.09. The molecule has 0 radical (unpaired) electrons. The van der Waals surface area contributed by atoms with Crippen molar-refractivity contribution in [2.24, 2.45) is 0 Å². The minimum atomic E-state index is -0.279. The second-order valence-electron chi connectivity index (χ2n) is 4.38. The molecule has 1 aromatic carbocycles. The lowest BCUT2D eigenvalue weighted by Crippen LogP contribution is -2.08. The Morgan fingerprint density at radius 2 is 2.22 bits per heavy atom.